The predicted molar refractivity (Wildman–Crippen MR) is 79.2 cm³/mol. The van der Waals surface area contributed by atoms with E-state index < -0.39 is 5.97 Å². The van der Waals surface area contributed by atoms with Gasteiger partial charge in [-0.05, 0) is 40.2 Å². The van der Waals surface area contributed by atoms with Gasteiger partial charge >= 0.3 is 12.0 Å². The van der Waals surface area contributed by atoms with E-state index in [1.54, 1.807) is 0 Å². The summed E-state index contributed by atoms with van der Waals surface area (Å²) in [6.07, 6.45) is 0.693. The summed E-state index contributed by atoms with van der Waals surface area (Å²) in [5, 5.41) is 11.8. The van der Waals surface area contributed by atoms with Crippen LogP contribution in [0.2, 0.25) is 0 Å². The summed E-state index contributed by atoms with van der Waals surface area (Å²) in [4.78, 5) is 24.5. The van der Waals surface area contributed by atoms with E-state index in [4.69, 9.17) is 9.52 Å². The van der Waals surface area contributed by atoms with Gasteiger partial charge in [0, 0.05) is 11.6 Å². The molecule has 0 aromatic carbocycles. The minimum Gasteiger partial charge on any atom is -0.480 e. The molecule has 2 unspecified atom stereocenters. The first-order valence-corrected chi connectivity index (χ1v) is 7.12. The molecule has 0 fully saturated rings. The number of hydrogen-bond acceptors (Lipinski definition) is 3. The average Bonchev–Trinajstić information content (AvgIpc) is 2.73. The third kappa shape index (κ3) is 4.51. The van der Waals surface area contributed by atoms with Gasteiger partial charge in [-0.1, -0.05) is 6.92 Å². The van der Waals surface area contributed by atoms with Gasteiger partial charge in [0.05, 0.1) is 6.04 Å². The molecule has 6 heteroatoms. The van der Waals surface area contributed by atoms with Crippen molar-refractivity contribution in [1.29, 1.82) is 0 Å². The number of nitrogens with one attached hydrogen (secondary N) is 1. The molecule has 0 saturated heterocycles. The third-order valence-corrected chi connectivity index (χ3v) is 3.58. The number of carboxylic acid groups (broad SMARTS) is 1. The highest BCUT2D eigenvalue weighted by atomic mass is 16.4. The van der Waals surface area contributed by atoms with Crippen LogP contribution in [-0.4, -0.2) is 34.6 Å². The summed E-state index contributed by atoms with van der Waals surface area (Å²) >= 11 is 0. The smallest absolute Gasteiger partial charge is 0.323 e. The highest BCUT2D eigenvalue weighted by Gasteiger charge is 2.24. The molecule has 6 nitrogen and oxygen atoms in total. The molecule has 1 heterocycles. The first-order valence-electron chi connectivity index (χ1n) is 7.12. The number of furan rings is 1. The summed E-state index contributed by atoms with van der Waals surface area (Å²) in [5.74, 6) is 0.523. The molecule has 1 aromatic rings. The van der Waals surface area contributed by atoms with Crippen LogP contribution in [0.3, 0.4) is 0 Å². The number of urea groups is 1. The maximum atomic E-state index is 12.3. The number of aryl methyl sites for hydroxylation is 2. The number of amides is 2. The molecule has 118 valence electrons. The second-order valence-corrected chi connectivity index (χ2v) is 5.32. The summed E-state index contributed by atoms with van der Waals surface area (Å²) in [6, 6.07) is 1.12. The van der Waals surface area contributed by atoms with Gasteiger partial charge in [-0.2, -0.15) is 0 Å². The number of carboxylic acids is 1. The summed E-state index contributed by atoms with van der Waals surface area (Å²) < 4.78 is 5.45. The fourth-order valence-corrected chi connectivity index (χ4v) is 2.22. The van der Waals surface area contributed by atoms with Crippen LogP contribution >= 0.6 is 0 Å². The van der Waals surface area contributed by atoms with Gasteiger partial charge in [0.2, 0.25) is 0 Å². The number of rotatable bonds is 6. The van der Waals surface area contributed by atoms with Crippen molar-refractivity contribution in [2.75, 3.05) is 6.54 Å². The second-order valence-electron chi connectivity index (χ2n) is 5.32. The molecule has 2 amide bonds. The monoisotopic (exact) mass is 296 g/mol. The van der Waals surface area contributed by atoms with E-state index in [9.17, 15) is 9.59 Å². The SMILES string of the molecule is CCC(C)N(CC(=O)O)C(=O)NC(C)c1cc(C)oc1C. The lowest BCUT2D eigenvalue weighted by Gasteiger charge is -2.28. The first kappa shape index (κ1) is 17.1. The van der Waals surface area contributed by atoms with Gasteiger partial charge in [-0.15, -0.1) is 0 Å². The largest absolute Gasteiger partial charge is 0.480 e. The molecule has 1 rings (SSSR count). The van der Waals surface area contributed by atoms with E-state index in [2.05, 4.69) is 5.32 Å². The predicted octanol–water partition coefficient (Wildman–Crippen LogP) is 2.85. The third-order valence-electron chi connectivity index (χ3n) is 3.58. The minimum atomic E-state index is -1.02. The summed E-state index contributed by atoms with van der Waals surface area (Å²) in [7, 11) is 0. The Morgan fingerprint density at radius 3 is 2.43 bits per heavy atom. The number of carbonyl (C=O) groups excluding carboxylic acids is 1. The maximum Gasteiger partial charge on any atom is 0.323 e. The van der Waals surface area contributed by atoms with Gasteiger partial charge in [0.25, 0.3) is 0 Å². The van der Waals surface area contributed by atoms with Crippen LogP contribution in [0.1, 0.15) is 50.3 Å². The molecule has 0 aliphatic heterocycles. The second kappa shape index (κ2) is 7.15. The topological polar surface area (TPSA) is 82.8 Å². The number of carbonyl (C=O) groups is 2. The number of hydrogen-bond donors (Lipinski definition) is 2. The van der Waals surface area contributed by atoms with Crippen molar-refractivity contribution in [1.82, 2.24) is 10.2 Å². The van der Waals surface area contributed by atoms with Crippen molar-refractivity contribution >= 4 is 12.0 Å². The molecule has 2 N–H and O–H groups in total. The molecule has 0 aliphatic carbocycles. The lowest BCUT2D eigenvalue weighted by Crippen LogP contribution is -2.47. The van der Waals surface area contributed by atoms with Crippen molar-refractivity contribution < 1.29 is 19.1 Å². The lowest BCUT2D eigenvalue weighted by atomic mass is 10.1. The van der Waals surface area contributed by atoms with Gasteiger partial charge in [-0.3, -0.25) is 4.79 Å². The molecule has 2 atom stereocenters. The zero-order chi connectivity index (χ0) is 16.2. The Bertz CT molecular complexity index is 510. The Labute approximate surface area is 125 Å². The molecular formula is C15H24N2O4. The quantitative estimate of drug-likeness (QED) is 0.845. The Hall–Kier alpha value is -1.98. The molecular weight excluding hydrogens is 272 g/mol. The molecule has 0 bridgehead atoms. The van der Waals surface area contributed by atoms with E-state index in [0.717, 1.165) is 17.1 Å². The van der Waals surface area contributed by atoms with Crippen molar-refractivity contribution in [2.24, 2.45) is 0 Å². The Balaban J connectivity index is 2.80. The zero-order valence-corrected chi connectivity index (χ0v) is 13.3. The molecule has 0 spiro atoms. The van der Waals surface area contributed by atoms with Gasteiger partial charge in [0.1, 0.15) is 18.1 Å². The normalized spacial score (nSPS) is 13.6. The van der Waals surface area contributed by atoms with Crippen LogP contribution in [0.15, 0.2) is 10.5 Å². The fraction of sp³-hybridized carbons (Fsp3) is 0.600. The van der Waals surface area contributed by atoms with E-state index >= 15 is 0 Å². The van der Waals surface area contributed by atoms with Gasteiger partial charge < -0.3 is 19.7 Å². The average molecular weight is 296 g/mol. The van der Waals surface area contributed by atoms with Crippen LogP contribution in [0.25, 0.3) is 0 Å². The maximum absolute atomic E-state index is 12.3. The molecule has 0 saturated carbocycles. The van der Waals surface area contributed by atoms with E-state index in [1.807, 2.05) is 40.7 Å². The van der Waals surface area contributed by atoms with Gasteiger partial charge in [-0.25, -0.2) is 4.79 Å². The molecule has 1 aromatic heterocycles. The molecule has 0 aliphatic rings. The highest BCUT2D eigenvalue weighted by Crippen LogP contribution is 2.21. The summed E-state index contributed by atoms with van der Waals surface area (Å²) in [6.45, 7) is 8.98. The number of aliphatic carboxylic acids is 1. The van der Waals surface area contributed by atoms with E-state index in [1.165, 1.54) is 4.90 Å². The van der Waals surface area contributed by atoms with Crippen LogP contribution in [0, 0.1) is 13.8 Å². The Morgan fingerprint density at radius 2 is 2.00 bits per heavy atom. The van der Waals surface area contributed by atoms with Crippen LogP contribution in [-0.2, 0) is 4.79 Å². The van der Waals surface area contributed by atoms with Crippen LogP contribution in [0.5, 0.6) is 0 Å². The molecule has 21 heavy (non-hydrogen) atoms. The van der Waals surface area contributed by atoms with Crippen molar-refractivity contribution in [3.8, 4) is 0 Å². The lowest BCUT2D eigenvalue weighted by molar-refractivity contribution is -0.138. The van der Waals surface area contributed by atoms with Crippen molar-refractivity contribution in [2.45, 2.75) is 53.1 Å². The van der Waals surface area contributed by atoms with E-state index in [-0.39, 0.29) is 24.7 Å². The fourth-order valence-electron chi connectivity index (χ4n) is 2.22. The Morgan fingerprint density at radius 1 is 1.38 bits per heavy atom. The van der Waals surface area contributed by atoms with Gasteiger partial charge in [0.15, 0.2) is 0 Å². The number of nitrogens with zero attached hydrogens (tertiary/aromatic N) is 1. The highest BCUT2D eigenvalue weighted by molar-refractivity contribution is 5.80. The first-order chi connectivity index (χ1) is 9.76. The summed E-state index contributed by atoms with van der Waals surface area (Å²) in [5.41, 5.74) is 0.903. The minimum absolute atomic E-state index is 0.138. The van der Waals surface area contributed by atoms with Crippen molar-refractivity contribution in [3.63, 3.8) is 0 Å². The Kier molecular flexibility index (Phi) is 5.81. The van der Waals surface area contributed by atoms with E-state index in [0.29, 0.717) is 6.42 Å². The van der Waals surface area contributed by atoms with Crippen LogP contribution in [0.4, 0.5) is 4.79 Å². The zero-order valence-electron chi connectivity index (χ0n) is 13.3. The van der Waals surface area contributed by atoms with Crippen LogP contribution < -0.4 is 5.32 Å². The standard InChI is InChI=1S/C15H24N2O4/c1-6-9(2)17(8-14(18)19)15(20)16-11(4)13-7-10(3)21-12(13)5/h7,9,11H,6,8H2,1-5H3,(H,16,20)(H,18,19). The molecule has 0 radical (unpaired) electrons. The van der Waals surface area contributed by atoms with Crippen molar-refractivity contribution in [3.05, 3.63) is 23.2 Å².